The summed E-state index contributed by atoms with van der Waals surface area (Å²) >= 11 is 0. The van der Waals surface area contributed by atoms with Crippen LogP contribution in [-0.2, 0) is 18.9 Å². The summed E-state index contributed by atoms with van der Waals surface area (Å²) in [4.78, 5) is 54.2. The van der Waals surface area contributed by atoms with Crippen molar-refractivity contribution >= 4 is 22.9 Å². The number of nitrogens with zero attached hydrogens (tertiary/aromatic N) is 4. The lowest BCUT2D eigenvalue weighted by Crippen LogP contribution is -2.49. The van der Waals surface area contributed by atoms with E-state index in [-0.39, 0.29) is 16.7 Å². The first-order valence-corrected chi connectivity index (χ1v) is 8.34. The van der Waals surface area contributed by atoms with E-state index in [1.807, 2.05) is 0 Å². The van der Waals surface area contributed by atoms with Crippen molar-refractivity contribution in [1.82, 2.24) is 19.0 Å². The lowest BCUT2D eigenvalue weighted by Gasteiger charge is -2.37. The highest BCUT2D eigenvalue weighted by atomic mass is 16.4. The maximum absolute atomic E-state index is 12.9. The second-order valence-corrected chi connectivity index (χ2v) is 6.60. The van der Waals surface area contributed by atoms with Crippen molar-refractivity contribution in [3.05, 3.63) is 38.7 Å². The Hall–Kier alpha value is -2.97. The predicted molar refractivity (Wildman–Crippen MR) is 93.1 cm³/mol. The van der Waals surface area contributed by atoms with Crippen molar-refractivity contribution in [3.8, 4) is 0 Å². The van der Waals surface area contributed by atoms with E-state index in [9.17, 15) is 24.3 Å². The van der Waals surface area contributed by atoms with E-state index in [0.717, 1.165) is 4.57 Å². The Morgan fingerprint density at radius 1 is 1.19 bits per heavy atom. The third-order valence-corrected chi connectivity index (χ3v) is 5.09. The lowest BCUT2D eigenvalue weighted by atomic mass is 9.90. The summed E-state index contributed by atoms with van der Waals surface area (Å²) in [6.45, 7) is 2.15. The van der Waals surface area contributed by atoms with Crippen LogP contribution in [0.5, 0.6) is 0 Å². The van der Waals surface area contributed by atoms with Gasteiger partial charge in [-0.3, -0.25) is 23.5 Å². The van der Waals surface area contributed by atoms with E-state index >= 15 is 0 Å². The minimum absolute atomic E-state index is 0.0821. The number of carboxylic acid groups (broad SMARTS) is 1. The average molecular weight is 360 g/mol. The fourth-order valence-electron chi connectivity index (χ4n) is 3.48. The highest BCUT2D eigenvalue weighted by Gasteiger charge is 2.36. The Morgan fingerprint density at radius 3 is 2.54 bits per heavy atom. The van der Waals surface area contributed by atoms with Gasteiger partial charge in [-0.2, -0.15) is 0 Å². The molecule has 1 N–H and O–H groups in total. The van der Waals surface area contributed by atoms with Gasteiger partial charge in [-0.1, -0.05) is 0 Å². The third-order valence-electron chi connectivity index (χ3n) is 5.09. The molecular formula is C17H20N4O5. The molecule has 0 saturated carbocycles. The van der Waals surface area contributed by atoms with Crippen LogP contribution in [0.15, 0.2) is 21.7 Å². The average Bonchev–Trinajstić information content (AvgIpc) is 2.63. The van der Waals surface area contributed by atoms with E-state index in [0.29, 0.717) is 19.4 Å². The fraction of sp³-hybridized carbons (Fsp3) is 0.471. The van der Waals surface area contributed by atoms with Crippen molar-refractivity contribution in [2.24, 2.45) is 20.0 Å². The molecule has 26 heavy (non-hydrogen) atoms. The van der Waals surface area contributed by atoms with Crippen molar-refractivity contribution in [1.29, 1.82) is 0 Å². The zero-order valence-electron chi connectivity index (χ0n) is 14.8. The number of carbonyl (C=O) groups is 2. The van der Waals surface area contributed by atoms with Crippen molar-refractivity contribution in [2.75, 3.05) is 6.54 Å². The van der Waals surface area contributed by atoms with Gasteiger partial charge in [-0.15, -0.1) is 0 Å². The molecule has 2 aromatic rings. The number of pyridine rings is 1. The monoisotopic (exact) mass is 360 g/mol. The quantitative estimate of drug-likeness (QED) is 0.803. The number of hydrogen-bond acceptors (Lipinski definition) is 5. The number of amides is 1. The highest BCUT2D eigenvalue weighted by Crippen LogP contribution is 2.25. The van der Waals surface area contributed by atoms with Crippen LogP contribution in [-0.4, -0.2) is 48.6 Å². The molecule has 138 valence electrons. The molecule has 0 spiro atoms. The van der Waals surface area contributed by atoms with Crippen LogP contribution in [0.1, 0.15) is 30.3 Å². The van der Waals surface area contributed by atoms with Gasteiger partial charge in [-0.25, -0.2) is 9.78 Å². The third kappa shape index (κ3) is 2.69. The summed E-state index contributed by atoms with van der Waals surface area (Å²) in [5.41, 5.74) is -0.800. The van der Waals surface area contributed by atoms with Crippen molar-refractivity contribution < 1.29 is 14.7 Å². The molecule has 1 aliphatic heterocycles. The van der Waals surface area contributed by atoms with Gasteiger partial charge in [0.25, 0.3) is 11.5 Å². The van der Waals surface area contributed by atoms with Crippen LogP contribution < -0.4 is 11.2 Å². The molecule has 9 heteroatoms. The van der Waals surface area contributed by atoms with Gasteiger partial charge in [0.15, 0.2) is 0 Å². The first-order valence-electron chi connectivity index (χ1n) is 8.34. The SMILES string of the molecule is C[C@@H]1[C@H](C(=O)O)CCCN1C(=O)c1ccc2c(=O)n(C)c(=O)n(C)c2n1. The molecule has 3 rings (SSSR count). The molecular weight excluding hydrogens is 340 g/mol. The fourth-order valence-corrected chi connectivity index (χ4v) is 3.48. The zero-order valence-corrected chi connectivity index (χ0v) is 14.8. The van der Waals surface area contributed by atoms with E-state index in [4.69, 9.17) is 0 Å². The second-order valence-electron chi connectivity index (χ2n) is 6.60. The zero-order chi connectivity index (χ0) is 19.2. The van der Waals surface area contributed by atoms with E-state index in [2.05, 4.69) is 4.98 Å². The maximum Gasteiger partial charge on any atom is 0.332 e. The smallest absolute Gasteiger partial charge is 0.332 e. The van der Waals surface area contributed by atoms with Gasteiger partial charge in [0, 0.05) is 26.7 Å². The molecule has 0 bridgehead atoms. The number of carbonyl (C=O) groups excluding carboxylic acids is 1. The number of aryl methyl sites for hydroxylation is 1. The van der Waals surface area contributed by atoms with Gasteiger partial charge >= 0.3 is 11.7 Å². The molecule has 1 fully saturated rings. The lowest BCUT2D eigenvalue weighted by molar-refractivity contribution is -0.144. The number of hydrogen-bond donors (Lipinski definition) is 1. The number of aromatic nitrogens is 3. The molecule has 0 unspecified atom stereocenters. The minimum Gasteiger partial charge on any atom is -0.481 e. The summed E-state index contributed by atoms with van der Waals surface area (Å²) in [7, 11) is 2.86. The van der Waals surface area contributed by atoms with Crippen LogP contribution in [0.2, 0.25) is 0 Å². The molecule has 2 atom stereocenters. The van der Waals surface area contributed by atoms with Crippen LogP contribution in [0.3, 0.4) is 0 Å². The van der Waals surface area contributed by atoms with Gasteiger partial charge in [0.05, 0.1) is 11.3 Å². The summed E-state index contributed by atoms with van der Waals surface area (Å²) in [6, 6.07) is 2.45. The Bertz CT molecular complexity index is 1020. The number of aliphatic carboxylic acids is 1. The molecule has 9 nitrogen and oxygen atoms in total. The summed E-state index contributed by atoms with van der Waals surface area (Å²) in [5.74, 6) is -1.95. The minimum atomic E-state index is -0.924. The summed E-state index contributed by atoms with van der Waals surface area (Å²) in [5, 5.41) is 9.55. The molecule has 0 aromatic carbocycles. The van der Waals surface area contributed by atoms with Gasteiger partial charge in [-0.05, 0) is 31.9 Å². The topological polar surface area (TPSA) is 115 Å². The maximum atomic E-state index is 12.9. The van der Waals surface area contributed by atoms with Crippen LogP contribution >= 0.6 is 0 Å². The van der Waals surface area contributed by atoms with E-state index in [1.54, 1.807) is 6.92 Å². The Kier molecular flexibility index (Phi) is 4.39. The normalized spacial score (nSPS) is 20.3. The molecule has 0 radical (unpaired) electrons. The number of carboxylic acids is 1. The number of rotatable bonds is 2. The Balaban J connectivity index is 2.06. The highest BCUT2D eigenvalue weighted by molar-refractivity contribution is 5.95. The van der Waals surface area contributed by atoms with Crippen LogP contribution in [0.4, 0.5) is 0 Å². The molecule has 2 aromatic heterocycles. The van der Waals surface area contributed by atoms with Crippen LogP contribution in [0, 0.1) is 5.92 Å². The first-order chi connectivity index (χ1) is 12.2. The van der Waals surface area contributed by atoms with Gasteiger partial charge < -0.3 is 10.0 Å². The van der Waals surface area contributed by atoms with E-state index in [1.165, 1.54) is 35.7 Å². The van der Waals surface area contributed by atoms with Gasteiger partial charge in [0.2, 0.25) is 0 Å². The first kappa shape index (κ1) is 17.8. The van der Waals surface area contributed by atoms with E-state index < -0.39 is 35.1 Å². The van der Waals surface area contributed by atoms with Crippen molar-refractivity contribution in [3.63, 3.8) is 0 Å². The molecule has 0 aliphatic carbocycles. The predicted octanol–water partition coefficient (Wildman–Crippen LogP) is -0.0425. The standard InChI is InChI=1S/C17H20N4O5/c1-9-10(16(24)25)5-4-8-21(9)15(23)12-7-6-11-13(18-12)19(2)17(26)20(3)14(11)22/h6-7,9-10H,4-5,8H2,1-3H3,(H,24,25)/t9-,10-/m1/s1. The molecule has 1 saturated heterocycles. The summed E-state index contributed by atoms with van der Waals surface area (Å²) < 4.78 is 2.20. The summed E-state index contributed by atoms with van der Waals surface area (Å²) in [6.07, 6.45) is 1.12. The van der Waals surface area contributed by atoms with Gasteiger partial charge in [0.1, 0.15) is 11.3 Å². The second kappa shape index (κ2) is 6.40. The Morgan fingerprint density at radius 2 is 1.88 bits per heavy atom. The van der Waals surface area contributed by atoms with Crippen LogP contribution in [0.25, 0.3) is 11.0 Å². The number of piperidine rings is 1. The molecule has 3 heterocycles. The number of fused-ring (bicyclic) bond motifs is 1. The number of likely N-dealkylation sites (tertiary alicyclic amines) is 1. The molecule has 1 aliphatic rings. The molecule has 1 amide bonds. The van der Waals surface area contributed by atoms with Crippen molar-refractivity contribution in [2.45, 2.75) is 25.8 Å². The Labute approximate surface area is 148 Å². The largest absolute Gasteiger partial charge is 0.481 e.